The molecule has 2 aromatic carbocycles. The van der Waals surface area contributed by atoms with Crippen LogP contribution < -0.4 is 9.46 Å². The number of sulfonamides is 1. The summed E-state index contributed by atoms with van der Waals surface area (Å²) in [5.41, 5.74) is 1.23. The van der Waals surface area contributed by atoms with Crippen molar-refractivity contribution in [3.05, 3.63) is 65.7 Å². The molecule has 5 heteroatoms. The predicted octanol–water partition coefficient (Wildman–Crippen LogP) is 3.09. The standard InChI is InChI=1S/C18H23NO3S/c1-18(2,16-9-11-17(22-3)12-10-16)19-23(20,21)14-13-15-7-5-4-6-8-15/h4-12,19H,13-14H2,1-3H3. The van der Waals surface area contributed by atoms with Crippen LogP contribution in [0.5, 0.6) is 5.75 Å². The number of hydrogen-bond donors (Lipinski definition) is 1. The maximum absolute atomic E-state index is 12.4. The third kappa shape index (κ3) is 5.08. The van der Waals surface area contributed by atoms with Crippen LogP contribution >= 0.6 is 0 Å². The second-order valence-corrected chi connectivity index (χ2v) is 7.85. The van der Waals surface area contributed by atoms with Gasteiger partial charge in [0.15, 0.2) is 0 Å². The Balaban J connectivity index is 2.05. The zero-order valence-electron chi connectivity index (χ0n) is 13.7. The van der Waals surface area contributed by atoms with E-state index in [2.05, 4.69) is 4.72 Å². The molecule has 0 heterocycles. The summed E-state index contributed by atoms with van der Waals surface area (Å²) in [6, 6.07) is 17.0. The molecule has 0 spiro atoms. The number of rotatable bonds is 7. The molecule has 4 nitrogen and oxygen atoms in total. The fourth-order valence-electron chi connectivity index (χ4n) is 2.40. The molecule has 124 valence electrons. The molecule has 2 rings (SSSR count). The van der Waals surface area contributed by atoms with Crippen LogP contribution in [-0.2, 0) is 22.0 Å². The highest BCUT2D eigenvalue weighted by molar-refractivity contribution is 7.89. The average molecular weight is 333 g/mol. The Bertz CT molecular complexity index is 723. The van der Waals surface area contributed by atoms with Gasteiger partial charge in [-0.3, -0.25) is 0 Å². The minimum Gasteiger partial charge on any atom is -0.497 e. The van der Waals surface area contributed by atoms with Crippen LogP contribution in [0.1, 0.15) is 25.0 Å². The van der Waals surface area contributed by atoms with Crippen LogP contribution in [0.2, 0.25) is 0 Å². The van der Waals surface area contributed by atoms with E-state index in [0.29, 0.717) is 6.42 Å². The van der Waals surface area contributed by atoms with Crippen molar-refractivity contribution in [2.45, 2.75) is 25.8 Å². The Labute approximate surface area is 138 Å². The van der Waals surface area contributed by atoms with Gasteiger partial charge in [0.05, 0.1) is 18.4 Å². The largest absolute Gasteiger partial charge is 0.497 e. The van der Waals surface area contributed by atoms with Crippen molar-refractivity contribution in [2.24, 2.45) is 0 Å². The van der Waals surface area contributed by atoms with Crippen molar-refractivity contribution in [3.8, 4) is 5.75 Å². The van der Waals surface area contributed by atoms with Gasteiger partial charge in [-0.05, 0) is 43.5 Å². The molecular weight excluding hydrogens is 310 g/mol. The minimum atomic E-state index is -3.38. The topological polar surface area (TPSA) is 55.4 Å². The summed E-state index contributed by atoms with van der Waals surface area (Å²) in [5.74, 6) is 0.813. The average Bonchev–Trinajstić information content (AvgIpc) is 2.53. The maximum atomic E-state index is 12.4. The van der Waals surface area contributed by atoms with Crippen LogP contribution in [0, 0.1) is 0 Å². The van der Waals surface area contributed by atoms with E-state index in [4.69, 9.17) is 4.74 Å². The predicted molar refractivity (Wildman–Crippen MR) is 93.1 cm³/mol. The Kier molecular flexibility index (Phi) is 5.44. The van der Waals surface area contributed by atoms with Crippen molar-refractivity contribution >= 4 is 10.0 Å². The highest BCUT2D eigenvalue weighted by Gasteiger charge is 2.26. The highest BCUT2D eigenvalue weighted by atomic mass is 32.2. The van der Waals surface area contributed by atoms with E-state index in [0.717, 1.165) is 16.9 Å². The number of benzene rings is 2. The SMILES string of the molecule is COc1ccc(C(C)(C)NS(=O)(=O)CCc2ccccc2)cc1. The van der Waals surface area contributed by atoms with Crippen LogP contribution in [-0.4, -0.2) is 21.3 Å². The summed E-state index contributed by atoms with van der Waals surface area (Å²) in [6.45, 7) is 3.71. The van der Waals surface area contributed by atoms with Crippen molar-refractivity contribution in [2.75, 3.05) is 12.9 Å². The number of methoxy groups -OCH3 is 1. The zero-order chi connectivity index (χ0) is 16.9. The molecule has 0 unspecified atom stereocenters. The van der Waals surface area contributed by atoms with Crippen LogP contribution in [0.15, 0.2) is 54.6 Å². The van der Waals surface area contributed by atoms with E-state index in [1.165, 1.54) is 0 Å². The Hall–Kier alpha value is -1.85. The molecule has 0 radical (unpaired) electrons. The Morgan fingerprint density at radius 2 is 1.61 bits per heavy atom. The number of hydrogen-bond acceptors (Lipinski definition) is 3. The van der Waals surface area contributed by atoms with Gasteiger partial charge in [0.1, 0.15) is 5.75 Å². The maximum Gasteiger partial charge on any atom is 0.212 e. The van der Waals surface area contributed by atoms with Gasteiger partial charge in [0, 0.05) is 0 Å². The van der Waals surface area contributed by atoms with Gasteiger partial charge < -0.3 is 4.74 Å². The fourth-order valence-corrected chi connectivity index (χ4v) is 3.91. The summed E-state index contributed by atoms with van der Waals surface area (Å²) in [5, 5.41) is 0. The van der Waals surface area contributed by atoms with E-state index in [9.17, 15) is 8.42 Å². The second-order valence-electron chi connectivity index (χ2n) is 6.01. The minimum absolute atomic E-state index is 0.0661. The molecule has 23 heavy (non-hydrogen) atoms. The first-order chi connectivity index (χ1) is 10.8. The van der Waals surface area contributed by atoms with Crippen molar-refractivity contribution < 1.29 is 13.2 Å². The molecule has 0 saturated heterocycles. The van der Waals surface area contributed by atoms with Crippen molar-refractivity contribution in [1.29, 1.82) is 0 Å². The molecule has 0 aliphatic rings. The normalized spacial score (nSPS) is 12.1. The number of aryl methyl sites for hydroxylation is 1. The lowest BCUT2D eigenvalue weighted by Crippen LogP contribution is -2.42. The van der Waals surface area contributed by atoms with E-state index in [-0.39, 0.29) is 5.75 Å². The third-order valence-corrected chi connectivity index (χ3v) is 5.29. The molecular formula is C18H23NO3S. The molecule has 0 aromatic heterocycles. The molecule has 0 saturated carbocycles. The first kappa shape index (κ1) is 17.5. The van der Waals surface area contributed by atoms with Crippen molar-refractivity contribution in [1.82, 2.24) is 4.72 Å². The quantitative estimate of drug-likeness (QED) is 0.847. The smallest absolute Gasteiger partial charge is 0.212 e. The first-order valence-corrected chi connectivity index (χ1v) is 9.18. The van der Waals surface area contributed by atoms with Crippen LogP contribution in [0.3, 0.4) is 0 Å². The van der Waals surface area contributed by atoms with Gasteiger partial charge in [-0.15, -0.1) is 0 Å². The van der Waals surface area contributed by atoms with Gasteiger partial charge in [0.25, 0.3) is 0 Å². The molecule has 0 amide bonds. The lowest BCUT2D eigenvalue weighted by molar-refractivity contribution is 0.413. The molecule has 0 aliphatic heterocycles. The summed E-state index contributed by atoms with van der Waals surface area (Å²) < 4.78 is 32.7. The second kappa shape index (κ2) is 7.15. The molecule has 0 fully saturated rings. The van der Waals surface area contributed by atoms with Gasteiger partial charge >= 0.3 is 0 Å². The fraction of sp³-hybridized carbons (Fsp3) is 0.333. The summed E-state index contributed by atoms with van der Waals surface area (Å²) >= 11 is 0. The Morgan fingerprint density at radius 1 is 1.00 bits per heavy atom. The van der Waals surface area contributed by atoms with Crippen LogP contribution in [0.25, 0.3) is 0 Å². The number of ether oxygens (including phenoxy) is 1. The van der Waals surface area contributed by atoms with E-state index < -0.39 is 15.6 Å². The molecule has 0 aliphatic carbocycles. The number of nitrogens with one attached hydrogen (secondary N) is 1. The zero-order valence-corrected chi connectivity index (χ0v) is 14.6. The first-order valence-electron chi connectivity index (χ1n) is 7.52. The van der Waals surface area contributed by atoms with Gasteiger partial charge in [-0.1, -0.05) is 42.5 Å². The summed E-state index contributed by atoms with van der Waals surface area (Å²) in [4.78, 5) is 0. The third-order valence-electron chi connectivity index (χ3n) is 3.72. The summed E-state index contributed by atoms with van der Waals surface area (Å²) in [7, 11) is -1.78. The van der Waals surface area contributed by atoms with Gasteiger partial charge in [-0.2, -0.15) is 0 Å². The lowest BCUT2D eigenvalue weighted by Gasteiger charge is -2.26. The summed E-state index contributed by atoms with van der Waals surface area (Å²) in [6.07, 6.45) is 0.495. The highest BCUT2D eigenvalue weighted by Crippen LogP contribution is 2.23. The molecule has 0 bridgehead atoms. The molecule has 2 aromatic rings. The van der Waals surface area contributed by atoms with E-state index in [1.54, 1.807) is 7.11 Å². The molecule has 1 N–H and O–H groups in total. The van der Waals surface area contributed by atoms with Gasteiger partial charge in [-0.25, -0.2) is 13.1 Å². The van der Waals surface area contributed by atoms with E-state index in [1.807, 2.05) is 68.4 Å². The van der Waals surface area contributed by atoms with E-state index >= 15 is 0 Å². The molecule has 0 atom stereocenters. The van der Waals surface area contributed by atoms with Crippen LogP contribution in [0.4, 0.5) is 0 Å². The Morgan fingerprint density at radius 3 is 2.17 bits per heavy atom. The monoisotopic (exact) mass is 333 g/mol. The van der Waals surface area contributed by atoms with Crippen molar-refractivity contribution in [3.63, 3.8) is 0 Å². The van der Waals surface area contributed by atoms with Gasteiger partial charge in [0.2, 0.25) is 10.0 Å². The lowest BCUT2D eigenvalue weighted by atomic mass is 9.96.